The van der Waals surface area contributed by atoms with E-state index in [0.717, 1.165) is 0 Å². The van der Waals surface area contributed by atoms with E-state index in [4.69, 9.17) is 9.84 Å². The van der Waals surface area contributed by atoms with Crippen molar-refractivity contribution in [3.8, 4) is 5.75 Å². The van der Waals surface area contributed by atoms with Crippen LogP contribution in [-0.2, 0) is 9.84 Å². The molecule has 0 bridgehead atoms. The van der Waals surface area contributed by atoms with Gasteiger partial charge in [-0.05, 0) is 25.5 Å². The molecular formula is C12H17NO5S. The average Bonchev–Trinajstić information content (AvgIpc) is 2.36. The van der Waals surface area contributed by atoms with E-state index in [1.54, 1.807) is 19.9 Å². The van der Waals surface area contributed by atoms with Gasteiger partial charge < -0.3 is 9.84 Å². The molecule has 0 unspecified atom stereocenters. The lowest BCUT2D eigenvalue weighted by molar-refractivity contribution is 0.0685. The molecule has 0 fully saturated rings. The zero-order valence-electron chi connectivity index (χ0n) is 10.9. The number of sulfone groups is 1. The second kappa shape index (κ2) is 6.51. The van der Waals surface area contributed by atoms with Crippen LogP contribution in [0.1, 0.15) is 29.5 Å². The number of nitrogens with zero attached hydrogens (tertiary/aromatic N) is 1. The molecule has 0 amide bonds. The van der Waals surface area contributed by atoms with Crippen molar-refractivity contribution in [3.05, 3.63) is 23.5 Å². The number of hydrogen-bond acceptors (Lipinski definition) is 5. The normalized spacial score (nSPS) is 11.3. The van der Waals surface area contributed by atoms with Gasteiger partial charge in [0.15, 0.2) is 11.4 Å². The predicted octanol–water partition coefficient (Wildman–Crippen LogP) is 1.29. The largest absolute Gasteiger partial charge is 0.491 e. The summed E-state index contributed by atoms with van der Waals surface area (Å²) in [5, 5.41) is 8.98. The van der Waals surface area contributed by atoms with E-state index in [2.05, 4.69) is 4.98 Å². The Morgan fingerprint density at radius 3 is 2.68 bits per heavy atom. The van der Waals surface area contributed by atoms with Crippen LogP contribution < -0.4 is 4.74 Å². The maximum Gasteiger partial charge on any atom is 0.358 e. The van der Waals surface area contributed by atoms with E-state index in [-0.39, 0.29) is 29.6 Å². The molecule has 0 atom stereocenters. The maximum atomic E-state index is 11.3. The van der Waals surface area contributed by atoms with Gasteiger partial charge in [-0.3, -0.25) is 0 Å². The molecule has 1 aromatic heterocycles. The Balaban J connectivity index is 2.61. The molecular weight excluding hydrogens is 270 g/mol. The standard InChI is InChI=1S/C12H17NO5S/c1-3-19(16,17)8-4-7-18-10-6-5-9(2)13-11(10)12(14)15/h5-6H,3-4,7-8H2,1-2H3,(H,14,15). The third-order valence-corrected chi connectivity index (χ3v) is 4.29. The van der Waals surface area contributed by atoms with Crippen molar-refractivity contribution in [1.29, 1.82) is 0 Å². The van der Waals surface area contributed by atoms with E-state index in [0.29, 0.717) is 12.1 Å². The fourth-order valence-electron chi connectivity index (χ4n) is 1.42. The van der Waals surface area contributed by atoms with E-state index in [1.165, 1.54) is 6.07 Å². The van der Waals surface area contributed by atoms with Crippen LogP contribution in [-0.4, -0.2) is 42.6 Å². The van der Waals surface area contributed by atoms with Gasteiger partial charge in [0.2, 0.25) is 0 Å². The zero-order valence-corrected chi connectivity index (χ0v) is 11.7. The zero-order chi connectivity index (χ0) is 14.5. The van der Waals surface area contributed by atoms with Crippen molar-refractivity contribution in [2.45, 2.75) is 20.3 Å². The molecule has 0 saturated heterocycles. The number of carboxylic acid groups (broad SMARTS) is 1. The number of ether oxygens (including phenoxy) is 1. The van der Waals surface area contributed by atoms with Gasteiger partial charge in [-0.1, -0.05) is 6.92 Å². The van der Waals surface area contributed by atoms with Gasteiger partial charge in [0.25, 0.3) is 0 Å². The summed E-state index contributed by atoms with van der Waals surface area (Å²) in [7, 11) is -3.02. The molecule has 1 N–H and O–H groups in total. The van der Waals surface area contributed by atoms with E-state index >= 15 is 0 Å². The summed E-state index contributed by atoms with van der Waals surface area (Å²) in [6, 6.07) is 3.17. The minimum absolute atomic E-state index is 0.0329. The van der Waals surface area contributed by atoms with Gasteiger partial charge in [-0.15, -0.1) is 0 Å². The summed E-state index contributed by atoms with van der Waals surface area (Å²) in [4.78, 5) is 14.8. The molecule has 0 aliphatic rings. The van der Waals surface area contributed by atoms with E-state index in [9.17, 15) is 13.2 Å². The smallest absolute Gasteiger partial charge is 0.358 e. The number of rotatable bonds is 7. The number of pyridine rings is 1. The lowest BCUT2D eigenvalue weighted by atomic mass is 10.3. The quantitative estimate of drug-likeness (QED) is 0.759. The first-order valence-corrected chi connectivity index (χ1v) is 7.72. The summed E-state index contributed by atoms with van der Waals surface area (Å²) in [6.07, 6.45) is 0.323. The lowest BCUT2D eigenvalue weighted by Crippen LogP contribution is -2.13. The Kier molecular flexibility index (Phi) is 5.29. The first kappa shape index (κ1) is 15.4. The number of aromatic nitrogens is 1. The Hall–Kier alpha value is -1.63. The van der Waals surface area contributed by atoms with Crippen LogP contribution in [0.15, 0.2) is 12.1 Å². The molecule has 0 saturated carbocycles. The molecule has 19 heavy (non-hydrogen) atoms. The Bertz CT molecular complexity index is 553. The minimum Gasteiger partial charge on any atom is -0.491 e. The topological polar surface area (TPSA) is 93.6 Å². The molecule has 1 aromatic rings. The Morgan fingerprint density at radius 2 is 2.11 bits per heavy atom. The summed E-state index contributed by atoms with van der Waals surface area (Å²) in [5.74, 6) is -0.878. The number of aromatic carboxylic acids is 1. The van der Waals surface area contributed by atoms with Crippen molar-refractivity contribution in [3.63, 3.8) is 0 Å². The van der Waals surface area contributed by atoms with Crippen LogP contribution in [0.5, 0.6) is 5.75 Å². The highest BCUT2D eigenvalue weighted by atomic mass is 32.2. The first-order chi connectivity index (χ1) is 8.85. The SMILES string of the molecule is CCS(=O)(=O)CCCOc1ccc(C)nc1C(=O)O. The highest BCUT2D eigenvalue weighted by Gasteiger charge is 2.14. The van der Waals surface area contributed by atoms with Gasteiger partial charge in [-0.2, -0.15) is 0 Å². The summed E-state index contributed by atoms with van der Waals surface area (Å²) < 4.78 is 27.8. The van der Waals surface area contributed by atoms with Gasteiger partial charge in [0, 0.05) is 11.4 Å². The second-order valence-electron chi connectivity index (χ2n) is 4.04. The maximum absolute atomic E-state index is 11.3. The van der Waals surface area contributed by atoms with Crippen LogP contribution in [0.25, 0.3) is 0 Å². The molecule has 7 heteroatoms. The molecule has 6 nitrogen and oxygen atoms in total. The molecule has 0 radical (unpaired) electrons. The molecule has 0 spiro atoms. The van der Waals surface area contributed by atoms with Gasteiger partial charge in [0.05, 0.1) is 12.4 Å². The van der Waals surface area contributed by atoms with Crippen LogP contribution in [0, 0.1) is 6.92 Å². The fraction of sp³-hybridized carbons (Fsp3) is 0.500. The highest BCUT2D eigenvalue weighted by Crippen LogP contribution is 2.17. The van der Waals surface area contributed by atoms with E-state index < -0.39 is 15.8 Å². The van der Waals surface area contributed by atoms with E-state index in [1.807, 2.05) is 0 Å². The van der Waals surface area contributed by atoms with Crippen molar-refractivity contribution >= 4 is 15.8 Å². The molecule has 106 valence electrons. The number of carboxylic acids is 1. The highest BCUT2D eigenvalue weighted by molar-refractivity contribution is 7.91. The first-order valence-electron chi connectivity index (χ1n) is 5.90. The predicted molar refractivity (Wildman–Crippen MR) is 70.4 cm³/mol. The van der Waals surface area contributed by atoms with Gasteiger partial charge in [-0.25, -0.2) is 18.2 Å². The van der Waals surface area contributed by atoms with Crippen LogP contribution in [0.4, 0.5) is 0 Å². The van der Waals surface area contributed by atoms with Crippen molar-refractivity contribution < 1.29 is 23.1 Å². The monoisotopic (exact) mass is 287 g/mol. The molecule has 0 aliphatic heterocycles. The van der Waals surface area contributed by atoms with Crippen LogP contribution in [0.2, 0.25) is 0 Å². The Labute approximate surface area is 112 Å². The molecule has 1 heterocycles. The van der Waals surface area contributed by atoms with Crippen molar-refractivity contribution in [2.24, 2.45) is 0 Å². The number of aryl methyl sites for hydroxylation is 1. The number of carbonyl (C=O) groups is 1. The molecule has 0 aromatic carbocycles. The third kappa shape index (κ3) is 4.86. The summed E-state index contributed by atoms with van der Waals surface area (Å²) in [5.41, 5.74) is 0.427. The lowest BCUT2D eigenvalue weighted by Gasteiger charge is -2.09. The minimum atomic E-state index is -3.02. The number of hydrogen-bond donors (Lipinski definition) is 1. The third-order valence-electron chi connectivity index (χ3n) is 2.50. The second-order valence-corrected chi connectivity index (χ2v) is 6.52. The van der Waals surface area contributed by atoms with Crippen LogP contribution in [0.3, 0.4) is 0 Å². The average molecular weight is 287 g/mol. The van der Waals surface area contributed by atoms with Crippen LogP contribution >= 0.6 is 0 Å². The van der Waals surface area contributed by atoms with Crippen molar-refractivity contribution in [2.75, 3.05) is 18.1 Å². The Morgan fingerprint density at radius 1 is 1.42 bits per heavy atom. The molecule has 1 rings (SSSR count). The fourth-order valence-corrected chi connectivity index (χ4v) is 2.27. The summed E-state index contributed by atoms with van der Waals surface area (Å²) in [6.45, 7) is 3.41. The molecule has 0 aliphatic carbocycles. The van der Waals surface area contributed by atoms with Gasteiger partial charge >= 0.3 is 5.97 Å². The van der Waals surface area contributed by atoms with Crippen molar-refractivity contribution in [1.82, 2.24) is 4.98 Å². The van der Waals surface area contributed by atoms with Gasteiger partial charge in [0.1, 0.15) is 9.84 Å². The summed E-state index contributed by atoms with van der Waals surface area (Å²) >= 11 is 0.